The molecule has 0 saturated carbocycles. The first-order chi connectivity index (χ1) is 4.88. The van der Waals surface area contributed by atoms with Crippen molar-refractivity contribution in [2.45, 2.75) is 13.0 Å². The molecular weight excluding hydrogens is 189 g/mol. The topological polar surface area (TPSA) is 12.0 Å². The van der Waals surface area contributed by atoms with Crippen molar-refractivity contribution in [1.82, 2.24) is 4.33 Å². The Morgan fingerprint density at radius 3 is 3.00 bits per heavy atom. The minimum absolute atomic E-state index is 0.524. The molecule has 1 aliphatic heterocycles. The molecule has 2 rings (SSSR count). The SMILES string of the molecule is CC1N[Se]c2ccccc21. The Labute approximate surface area is 67.2 Å². The quantitative estimate of drug-likeness (QED) is 0.602. The van der Waals surface area contributed by atoms with Crippen molar-refractivity contribution in [2.24, 2.45) is 0 Å². The van der Waals surface area contributed by atoms with Gasteiger partial charge >= 0.3 is 66.8 Å². The molecule has 0 aliphatic carbocycles. The normalized spacial score (nSPS) is 22.7. The fraction of sp³-hybridized carbons (Fsp3) is 0.250. The Hall–Kier alpha value is -0.301. The monoisotopic (exact) mass is 199 g/mol. The maximum absolute atomic E-state index is 3.45. The van der Waals surface area contributed by atoms with Crippen LogP contribution < -0.4 is 8.79 Å². The number of benzene rings is 1. The van der Waals surface area contributed by atoms with E-state index in [1.165, 1.54) is 10.0 Å². The van der Waals surface area contributed by atoms with E-state index in [9.17, 15) is 0 Å². The van der Waals surface area contributed by atoms with Gasteiger partial charge in [-0.05, 0) is 0 Å². The van der Waals surface area contributed by atoms with Gasteiger partial charge in [-0.25, -0.2) is 0 Å². The molecule has 1 aromatic rings. The summed E-state index contributed by atoms with van der Waals surface area (Å²) in [7, 11) is 0. The van der Waals surface area contributed by atoms with E-state index >= 15 is 0 Å². The van der Waals surface area contributed by atoms with Crippen LogP contribution >= 0.6 is 0 Å². The third kappa shape index (κ3) is 0.891. The van der Waals surface area contributed by atoms with E-state index in [2.05, 4.69) is 35.5 Å². The predicted molar refractivity (Wildman–Crippen MR) is 43.4 cm³/mol. The molecule has 1 heterocycles. The molecule has 0 spiro atoms. The molecule has 1 nitrogen and oxygen atoms in total. The Balaban J connectivity index is 2.51. The van der Waals surface area contributed by atoms with E-state index in [1.54, 1.807) is 0 Å². The predicted octanol–water partition coefficient (Wildman–Crippen LogP) is 0.595. The molecule has 0 fully saturated rings. The standard InChI is InChI=1S/C8H9NSe/c1-6-7-4-2-3-5-8(7)10-9-6/h2-6,9H,1H3. The van der Waals surface area contributed by atoms with Crippen molar-refractivity contribution in [2.75, 3.05) is 0 Å². The van der Waals surface area contributed by atoms with E-state index in [0.717, 1.165) is 0 Å². The molecule has 1 aromatic carbocycles. The average Bonchev–Trinajstić information content (AvgIpc) is 2.34. The van der Waals surface area contributed by atoms with Crippen LogP contribution in [-0.4, -0.2) is 15.2 Å². The van der Waals surface area contributed by atoms with Gasteiger partial charge < -0.3 is 0 Å². The molecule has 1 N–H and O–H groups in total. The summed E-state index contributed by atoms with van der Waals surface area (Å²) in [6.07, 6.45) is 0. The Bertz CT molecular complexity index is 247. The number of hydrogen-bond acceptors (Lipinski definition) is 1. The molecule has 0 saturated heterocycles. The third-order valence-electron chi connectivity index (χ3n) is 1.73. The number of nitrogens with one attached hydrogen (secondary N) is 1. The van der Waals surface area contributed by atoms with Gasteiger partial charge in [0.1, 0.15) is 0 Å². The molecular formula is C8H9NSe. The first-order valence-corrected chi connectivity index (χ1v) is 5.10. The second-order valence-corrected chi connectivity index (χ2v) is 4.33. The van der Waals surface area contributed by atoms with Gasteiger partial charge in [-0.2, -0.15) is 0 Å². The third-order valence-corrected chi connectivity index (χ3v) is 3.96. The van der Waals surface area contributed by atoms with E-state index < -0.39 is 0 Å². The zero-order chi connectivity index (χ0) is 6.97. The van der Waals surface area contributed by atoms with Crippen LogP contribution in [0.4, 0.5) is 0 Å². The van der Waals surface area contributed by atoms with E-state index in [4.69, 9.17) is 0 Å². The minimum atomic E-state index is 0.524. The van der Waals surface area contributed by atoms with Crippen LogP contribution in [0.5, 0.6) is 0 Å². The molecule has 2 heteroatoms. The number of fused-ring (bicyclic) bond motifs is 1. The molecule has 0 bridgehead atoms. The van der Waals surface area contributed by atoms with E-state index in [-0.39, 0.29) is 0 Å². The van der Waals surface area contributed by atoms with Crippen LogP contribution in [0.2, 0.25) is 0 Å². The zero-order valence-corrected chi connectivity index (χ0v) is 7.51. The van der Waals surface area contributed by atoms with Gasteiger partial charge in [0.2, 0.25) is 0 Å². The number of hydrogen-bond donors (Lipinski definition) is 1. The second kappa shape index (κ2) is 2.39. The van der Waals surface area contributed by atoms with E-state index in [0.29, 0.717) is 21.2 Å². The van der Waals surface area contributed by atoms with Gasteiger partial charge in [0.15, 0.2) is 0 Å². The first kappa shape index (κ1) is 6.41. The summed E-state index contributed by atoms with van der Waals surface area (Å²) in [6, 6.07) is 9.22. The fourth-order valence-electron chi connectivity index (χ4n) is 1.15. The van der Waals surface area contributed by atoms with Crippen molar-refractivity contribution < 1.29 is 0 Å². The van der Waals surface area contributed by atoms with Gasteiger partial charge in [0, 0.05) is 0 Å². The van der Waals surface area contributed by atoms with Crippen LogP contribution in [0.15, 0.2) is 24.3 Å². The van der Waals surface area contributed by atoms with Crippen LogP contribution in [0.3, 0.4) is 0 Å². The Morgan fingerprint density at radius 1 is 1.40 bits per heavy atom. The van der Waals surface area contributed by atoms with Crippen LogP contribution in [0.1, 0.15) is 18.5 Å². The summed E-state index contributed by atoms with van der Waals surface area (Å²) in [4.78, 5) is 0. The first-order valence-electron chi connectivity index (χ1n) is 3.39. The average molecular weight is 198 g/mol. The van der Waals surface area contributed by atoms with Crippen molar-refractivity contribution in [3.05, 3.63) is 29.8 Å². The maximum atomic E-state index is 3.45. The summed E-state index contributed by atoms with van der Waals surface area (Å²) in [5.74, 6) is 0. The van der Waals surface area contributed by atoms with E-state index in [1.807, 2.05) is 0 Å². The zero-order valence-electron chi connectivity index (χ0n) is 5.79. The van der Waals surface area contributed by atoms with Crippen molar-refractivity contribution in [3.63, 3.8) is 0 Å². The molecule has 0 amide bonds. The molecule has 1 unspecified atom stereocenters. The summed E-state index contributed by atoms with van der Waals surface area (Å²) >= 11 is 0.524. The van der Waals surface area contributed by atoms with Crippen molar-refractivity contribution >= 4 is 19.6 Å². The van der Waals surface area contributed by atoms with Gasteiger partial charge in [-0.1, -0.05) is 0 Å². The molecule has 52 valence electrons. The fourth-order valence-corrected chi connectivity index (χ4v) is 3.12. The summed E-state index contributed by atoms with van der Waals surface area (Å²) in [6.45, 7) is 2.22. The van der Waals surface area contributed by atoms with Crippen LogP contribution in [0.25, 0.3) is 0 Å². The summed E-state index contributed by atoms with van der Waals surface area (Å²) < 4.78 is 4.96. The van der Waals surface area contributed by atoms with Crippen LogP contribution in [-0.2, 0) is 0 Å². The molecule has 1 atom stereocenters. The second-order valence-electron chi connectivity index (χ2n) is 2.48. The van der Waals surface area contributed by atoms with Gasteiger partial charge in [-0.3, -0.25) is 0 Å². The number of rotatable bonds is 0. The van der Waals surface area contributed by atoms with Crippen LogP contribution in [0, 0.1) is 0 Å². The summed E-state index contributed by atoms with van der Waals surface area (Å²) in [5.41, 5.74) is 1.49. The van der Waals surface area contributed by atoms with Crippen molar-refractivity contribution in [1.29, 1.82) is 0 Å². The molecule has 0 aromatic heterocycles. The summed E-state index contributed by atoms with van der Waals surface area (Å²) in [5, 5.41) is 0. The molecule has 1 aliphatic rings. The van der Waals surface area contributed by atoms with Gasteiger partial charge in [-0.15, -0.1) is 0 Å². The van der Waals surface area contributed by atoms with Gasteiger partial charge in [0.05, 0.1) is 0 Å². The Morgan fingerprint density at radius 2 is 2.20 bits per heavy atom. The van der Waals surface area contributed by atoms with Gasteiger partial charge in [0.25, 0.3) is 0 Å². The van der Waals surface area contributed by atoms with Crippen molar-refractivity contribution in [3.8, 4) is 0 Å². The Kier molecular flexibility index (Phi) is 1.53. The molecule has 0 radical (unpaired) electrons. The molecule has 10 heavy (non-hydrogen) atoms.